The molecule has 0 fully saturated rings. The minimum atomic E-state index is 0.419. The van der Waals surface area contributed by atoms with E-state index in [0.717, 1.165) is 18.7 Å². The molecule has 0 spiro atoms. The molecule has 3 rings (SSSR count). The summed E-state index contributed by atoms with van der Waals surface area (Å²) in [6.07, 6.45) is 6.11. The smallest absolute Gasteiger partial charge is 0.209 e. The van der Waals surface area contributed by atoms with Gasteiger partial charge < -0.3 is 5.32 Å². The molecule has 146 valence electrons. The van der Waals surface area contributed by atoms with Crippen molar-refractivity contribution < 1.29 is 0 Å². The van der Waals surface area contributed by atoms with E-state index in [1.807, 2.05) is 30.5 Å². The number of rotatable bonds is 8. The van der Waals surface area contributed by atoms with Crippen LogP contribution < -0.4 is 15.4 Å². The fraction of sp³-hybridized carbons (Fsp3) is 0.136. The number of anilines is 1. The Hall–Kier alpha value is -3.34. The molecule has 0 saturated carbocycles. The lowest BCUT2D eigenvalue weighted by atomic mass is 10.1. The highest BCUT2D eigenvalue weighted by atomic mass is 32.2. The Bertz CT molecular complexity index is 954. The Balaban J connectivity index is 1.47. The SMILES string of the molecule is N#CNC(=NCCCNSc1ccccc1-c1ccccc1)Nc1cccnc1. The van der Waals surface area contributed by atoms with E-state index in [1.54, 1.807) is 24.3 Å². The van der Waals surface area contributed by atoms with Crippen molar-refractivity contribution in [1.82, 2.24) is 15.0 Å². The van der Waals surface area contributed by atoms with Gasteiger partial charge in [0.05, 0.1) is 11.9 Å². The van der Waals surface area contributed by atoms with Crippen molar-refractivity contribution in [3.8, 4) is 17.3 Å². The summed E-state index contributed by atoms with van der Waals surface area (Å²) in [5, 5.41) is 14.5. The van der Waals surface area contributed by atoms with Crippen LogP contribution in [0, 0.1) is 11.5 Å². The second-order valence-corrected chi connectivity index (χ2v) is 6.98. The first kappa shape index (κ1) is 20.4. The number of aliphatic imine (C=N–C) groups is 1. The topological polar surface area (TPSA) is 85.1 Å². The average Bonchev–Trinajstić information content (AvgIpc) is 2.78. The van der Waals surface area contributed by atoms with Gasteiger partial charge >= 0.3 is 0 Å². The van der Waals surface area contributed by atoms with Crippen molar-refractivity contribution in [2.75, 3.05) is 18.4 Å². The minimum absolute atomic E-state index is 0.419. The van der Waals surface area contributed by atoms with E-state index >= 15 is 0 Å². The zero-order chi connectivity index (χ0) is 20.2. The summed E-state index contributed by atoms with van der Waals surface area (Å²) < 4.78 is 3.40. The second-order valence-electron chi connectivity index (χ2n) is 6.05. The molecule has 3 aromatic rings. The highest BCUT2D eigenvalue weighted by Crippen LogP contribution is 2.29. The summed E-state index contributed by atoms with van der Waals surface area (Å²) in [7, 11) is 0. The lowest BCUT2D eigenvalue weighted by Crippen LogP contribution is -2.27. The van der Waals surface area contributed by atoms with Crippen LogP contribution in [0.1, 0.15) is 6.42 Å². The Morgan fingerprint density at radius 3 is 2.66 bits per heavy atom. The summed E-state index contributed by atoms with van der Waals surface area (Å²) in [6.45, 7) is 1.38. The third-order valence-electron chi connectivity index (χ3n) is 3.96. The lowest BCUT2D eigenvalue weighted by Gasteiger charge is -2.10. The third-order valence-corrected chi connectivity index (χ3v) is 4.88. The molecular formula is C22H22N6S. The average molecular weight is 403 g/mol. The number of aromatic nitrogens is 1. The number of hydrogen-bond donors (Lipinski definition) is 3. The van der Waals surface area contributed by atoms with Crippen molar-refractivity contribution >= 4 is 23.6 Å². The van der Waals surface area contributed by atoms with Gasteiger partial charge in [0.1, 0.15) is 0 Å². The van der Waals surface area contributed by atoms with Crippen LogP contribution in [0.15, 0.2) is 89.0 Å². The highest BCUT2D eigenvalue weighted by Gasteiger charge is 2.04. The zero-order valence-corrected chi connectivity index (χ0v) is 16.7. The van der Waals surface area contributed by atoms with Gasteiger partial charge in [0.2, 0.25) is 5.96 Å². The van der Waals surface area contributed by atoms with Crippen LogP contribution in [0.5, 0.6) is 0 Å². The van der Waals surface area contributed by atoms with Crippen LogP contribution in [-0.2, 0) is 0 Å². The van der Waals surface area contributed by atoms with E-state index in [1.165, 1.54) is 16.0 Å². The summed E-state index contributed by atoms with van der Waals surface area (Å²) in [5.41, 5.74) is 3.20. The van der Waals surface area contributed by atoms with E-state index < -0.39 is 0 Å². The van der Waals surface area contributed by atoms with Crippen LogP contribution in [-0.4, -0.2) is 24.0 Å². The van der Waals surface area contributed by atoms with Gasteiger partial charge in [-0.2, -0.15) is 5.26 Å². The van der Waals surface area contributed by atoms with E-state index in [9.17, 15) is 0 Å². The van der Waals surface area contributed by atoms with Gasteiger partial charge in [-0.05, 0) is 47.7 Å². The van der Waals surface area contributed by atoms with E-state index in [4.69, 9.17) is 5.26 Å². The van der Waals surface area contributed by atoms with Gasteiger partial charge in [-0.3, -0.25) is 20.0 Å². The van der Waals surface area contributed by atoms with E-state index in [0.29, 0.717) is 12.5 Å². The maximum Gasteiger partial charge on any atom is 0.209 e. The fourth-order valence-corrected chi connectivity index (χ4v) is 3.46. The molecule has 1 aromatic heterocycles. The summed E-state index contributed by atoms with van der Waals surface area (Å²) in [6, 6.07) is 22.4. The van der Waals surface area contributed by atoms with Crippen LogP contribution in [0.4, 0.5) is 5.69 Å². The van der Waals surface area contributed by atoms with Gasteiger partial charge in [-0.1, -0.05) is 48.5 Å². The first-order valence-corrected chi connectivity index (χ1v) is 10.1. The number of hydrogen-bond acceptors (Lipinski definition) is 5. The molecule has 6 nitrogen and oxygen atoms in total. The molecular weight excluding hydrogens is 380 g/mol. The molecule has 2 aromatic carbocycles. The predicted octanol–water partition coefficient (Wildman–Crippen LogP) is 4.27. The standard InChI is InChI=1S/C22H22N6S/c23-17-26-22(28-19-10-6-13-24-16-19)25-14-7-15-27-29-21-12-5-4-11-20(21)18-8-2-1-3-9-18/h1-6,8-13,16,27H,7,14-15H2,(H2,25,26,28). The van der Waals surface area contributed by atoms with Crippen LogP contribution >= 0.6 is 11.9 Å². The maximum atomic E-state index is 8.89. The Morgan fingerprint density at radius 1 is 1.03 bits per heavy atom. The van der Waals surface area contributed by atoms with Gasteiger partial charge in [0, 0.05) is 24.2 Å². The maximum absolute atomic E-state index is 8.89. The molecule has 3 N–H and O–H groups in total. The molecule has 0 saturated heterocycles. The molecule has 0 atom stereocenters. The van der Waals surface area contributed by atoms with Crippen molar-refractivity contribution in [2.24, 2.45) is 4.99 Å². The quantitative estimate of drug-likeness (QED) is 0.130. The second kappa shape index (κ2) is 11.5. The van der Waals surface area contributed by atoms with Crippen molar-refractivity contribution in [3.05, 3.63) is 79.1 Å². The first-order valence-electron chi connectivity index (χ1n) is 9.27. The minimum Gasteiger partial charge on any atom is -0.324 e. The van der Waals surface area contributed by atoms with Gasteiger partial charge in [-0.25, -0.2) is 0 Å². The normalized spacial score (nSPS) is 10.9. The van der Waals surface area contributed by atoms with E-state index in [2.05, 4.69) is 67.8 Å². The van der Waals surface area contributed by atoms with Crippen molar-refractivity contribution in [2.45, 2.75) is 11.3 Å². The zero-order valence-electron chi connectivity index (χ0n) is 15.9. The molecule has 0 amide bonds. The number of nitrogens with zero attached hydrogens (tertiary/aromatic N) is 3. The molecule has 0 aliphatic rings. The Labute approximate surface area is 175 Å². The molecule has 0 aliphatic heterocycles. The van der Waals surface area contributed by atoms with Gasteiger partial charge in [0.25, 0.3) is 0 Å². The molecule has 29 heavy (non-hydrogen) atoms. The molecule has 0 aliphatic carbocycles. The largest absolute Gasteiger partial charge is 0.324 e. The predicted molar refractivity (Wildman–Crippen MR) is 119 cm³/mol. The molecule has 7 heteroatoms. The van der Waals surface area contributed by atoms with Crippen LogP contribution in [0.2, 0.25) is 0 Å². The lowest BCUT2D eigenvalue weighted by molar-refractivity contribution is 0.807. The number of nitrogens with one attached hydrogen (secondary N) is 3. The van der Waals surface area contributed by atoms with Gasteiger partial charge in [0.15, 0.2) is 6.19 Å². The molecule has 0 radical (unpaired) electrons. The van der Waals surface area contributed by atoms with Crippen molar-refractivity contribution in [3.63, 3.8) is 0 Å². The highest BCUT2D eigenvalue weighted by molar-refractivity contribution is 7.97. The van der Waals surface area contributed by atoms with Crippen LogP contribution in [0.25, 0.3) is 11.1 Å². The molecule has 0 unspecified atom stereocenters. The summed E-state index contributed by atoms with van der Waals surface area (Å²) in [4.78, 5) is 9.64. The summed E-state index contributed by atoms with van der Waals surface area (Å²) >= 11 is 1.62. The number of nitriles is 1. The first-order chi connectivity index (χ1) is 14.4. The molecule has 1 heterocycles. The number of guanidine groups is 1. The third kappa shape index (κ3) is 6.64. The Kier molecular flexibility index (Phi) is 8.08. The van der Waals surface area contributed by atoms with Gasteiger partial charge in [-0.15, -0.1) is 0 Å². The summed E-state index contributed by atoms with van der Waals surface area (Å²) in [5.74, 6) is 0.419. The monoisotopic (exact) mass is 402 g/mol. The van der Waals surface area contributed by atoms with E-state index in [-0.39, 0.29) is 0 Å². The van der Waals surface area contributed by atoms with Crippen molar-refractivity contribution in [1.29, 1.82) is 5.26 Å². The van der Waals surface area contributed by atoms with Crippen LogP contribution in [0.3, 0.4) is 0 Å². The fourth-order valence-electron chi connectivity index (χ4n) is 2.62. The Morgan fingerprint density at radius 2 is 1.86 bits per heavy atom. The number of pyridine rings is 1. The number of benzene rings is 2. The molecule has 0 bridgehead atoms.